The zero-order valence-corrected chi connectivity index (χ0v) is 9.47. The number of halogens is 1. The molecule has 0 radical (unpaired) electrons. The van der Waals surface area contributed by atoms with Crippen molar-refractivity contribution < 1.29 is 13.9 Å². The maximum absolute atomic E-state index is 12.8. The fourth-order valence-corrected chi connectivity index (χ4v) is 1.45. The van der Waals surface area contributed by atoms with E-state index < -0.39 is 17.9 Å². The van der Waals surface area contributed by atoms with Crippen molar-refractivity contribution >= 4 is 6.09 Å². The first kappa shape index (κ1) is 12.2. The van der Waals surface area contributed by atoms with E-state index >= 15 is 0 Å². The van der Waals surface area contributed by atoms with Crippen LogP contribution in [0.25, 0.3) is 0 Å². The number of alkyl carbamates (subject to hydrolysis) is 1. The molecule has 5 heteroatoms. The summed E-state index contributed by atoms with van der Waals surface area (Å²) in [6, 6.07) is 0.0209. The molecule has 1 heterocycles. The third-order valence-corrected chi connectivity index (χ3v) is 2.06. The van der Waals surface area contributed by atoms with Crippen molar-refractivity contribution in [1.82, 2.24) is 10.6 Å². The highest BCUT2D eigenvalue weighted by atomic mass is 19.1. The van der Waals surface area contributed by atoms with Crippen molar-refractivity contribution in [2.24, 2.45) is 0 Å². The summed E-state index contributed by atoms with van der Waals surface area (Å²) in [5.41, 5.74) is -0.490. The molecule has 0 saturated carbocycles. The summed E-state index contributed by atoms with van der Waals surface area (Å²) < 4.78 is 17.8. The first-order valence-corrected chi connectivity index (χ1v) is 5.21. The molecule has 88 valence electrons. The lowest BCUT2D eigenvalue weighted by molar-refractivity contribution is 0.0523. The normalized spacial score (nSPS) is 26.4. The van der Waals surface area contributed by atoms with Gasteiger partial charge in [0.15, 0.2) is 0 Å². The van der Waals surface area contributed by atoms with E-state index in [1.165, 1.54) is 0 Å². The molecule has 1 aliphatic rings. The van der Waals surface area contributed by atoms with Crippen molar-refractivity contribution in [3.8, 4) is 0 Å². The number of amides is 1. The van der Waals surface area contributed by atoms with E-state index in [4.69, 9.17) is 4.74 Å². The van der Waals surface area contributed by atoms with Crippen LogP contribution in [0.2, 0.25) is 0 Å². The zero-order chi connectivity index (χ0) is 11.5. The third kappa shape index (κ3) is 4.97. The zero-order valence-electron chi connectivity index (χ0n) is 9.47. The van der Waals surface area contributed by atoms with Crippen LogP contribution in [0.3, 0.4) is 0 Å². The second-order valence-electron chi connectivity index (χ2n) is 4.82. The molecule has 1 rings (SSSR count). The number of ether oxygens (including phenoxy) is 1. The fourth-order valence-electron chi connectivity index (χ4n) is 1.45. The van der Waals surface area contributed by atoms with Gasteiger partial charge in [-0.2, -0.15) is 0 Å². The second-order valence-corrected chi connectivity index (χ2v) is 4.82. The van der Waals surface area contributed by atoms with Crippen molar-refractivity contribution in [1.29, 1.82) is 0 Å². The number of hydrogen-bond acceptors (Lipinski definition) is 3. The summed E-state index contributed by atoms with van der Waals surface area (Å²) in [4.78, 5) is 11.2. The van der Waals surface area contributed by atoms with E-state index in [-0.39, 0.29) is 6.04 Å². The molecule has 0 spiro atoms. The summed E-state index contributed by atoms with van der Waals surface area (Å²) >= 11 is 0. The van der Waals surface area contributed by atoms with Crippen LogP contribution in [0.5, 0.6) is 0 Å². The molecule has 2 N–H and O–H groups in total. The number of hydrogen-bond donors (Lipinski definition) is 2. The largest absolute Gasteiger partial charge is 0.444 e. The van der Waals surface area contributed by atoms with Crippen molar-refractivity contribution in [2.45, 2.75) is 45.0 Å². The van der Waals surface area contributed by atoms with Crippen molar-refractivity contribution in [3.63, 3.8) is 0 Å². The topological polar surface area (TPSA) is 50.4 Å². The predicted octanol–water partition coefficient (Wildman–Crippen LogP) is 1.21. The molecule has 1 saturated heterocycles. The highest BCUT2D eigenvalue weighted by Crippen LogP contribution is 2.10. The van der Waals surface area contributed by atoms with Gasteiger partial charge in [0, 0.05) is 19.1 Å². The number of alkyl halides is 1. The first-order chi connectivity index (χ1) is 6.87. The Morgan fingerprint density at radius 2 is 2.27 bits per heavy atom. The summed E-state index contributed by atoms with van der Waals surface area (Å²) in [6.07, 6.45) is -0.794. The lowest BCUT2D eigenvalue weighted by Crippen LogP contribution is -2.39. The molecule has 2 atom stereocenters. The molecular weight excluding hydrogens is 199 g/mol. The van der Waals surface area contributed by atoms with Crippen LogP contribution < -0.4 is 10.6 Å². The average Bonchev–Trinajstić information content (AvgIpc) is 2.45. The predicted molar refractivity (Wildman–Crippen MR) is 55.5 cm³/mol. The molecule has 1 aliphatic heterocycles. The third-order valence-electron chi connectivity index (χ3n) is 2.06. The number of carbonyl (C=O) groups is 1. The van der Waals surface area contributed by atoms with Gasteiger partial charge in [0.2, 0.25) is 0 Å². The molecule has 0 aromatic carbocycles. The van der Waals surface area contributed by atoms with Crippen molar-refractivity contribution in [2.75, 3.05) is 13.1 Å². The summed E-state index contributed by atoms with van der Waals surface area (Å²) in [7, 11) is 0. The number of carbonyl (C=O) groups excluding carboxylic acids is 1. The maximum atomic E-state index is 12.8. The molecule has 0 aromatic rings. The van der Waals surface area contributed by atoms with Crippen LogP contribution in [0, 0.1) is 0 Å². The van der Waals surface area contributed by atoms with E-state index in [0.29, 0.717) is 19.5 Å². The lowest BCUT2D eigenvalue weighted by Gasteiger charge is -2.20. The minimum absolute atomic E-state index is 0.0209. The molecular formula is C10H19FN2O2. The standard InChI is InChI=1S/C10H19FN2O2/c1-10(2,3)15-9(14)13-6-8-4-7(11)5-12-8/h7-8,12H,4-6H2,1-3H3,(H,13,14)/t7-,8+/m1/s1. The first-order valence-electron chi connectivity index (χ1n) is 5.21. The summed E-state index contributed by atoms with van der Waals surface area (Å²) in [5.74, 6) is 0. The quantitative estimate of drug-likeness (QED) is 0.732. The smallest absolute Gasteiger partial charge is 0.407 e. The molecule has 1 fully saturated rings. The number of nitrogens with one attached hydrogen (secondary N) is 2. The van der Waals surface area contributed by atoms with E-state index in [1.807, 2.05) is 0 Å². The average molecular weight is 218 g/mol. The molecule has 1 amide bonds. The number of rotatable bonds is 2. The Hall–Kier alpha value is -0.840. The fraction of sp³-hybridized carbons (Fsp3) is 0.900. The van der Waals surface area contributed by atoms with Gasteiger partial charge >= 0.3 is 6.09 Å². The lowest BCUT2D eigenvalue weighted by atomic mass is 10.2. The highest BCUT2D eigenvalue weighted by molar-refractivity contribution is 5.67. The molecule has 0 aromatic heterocycles. The van der Waals surface area contributed by atoms with Gasteiger partial charge in [-0.1, -0.05) is 0 Å². The highest BCUT2D eigenvalue weighted by Gasteiger charge is 2.24. The Labute approximate surface area is 89.6 Å². The monoisotopic (exact) mass is 218 g/mol. The van der Waals surface area contributed by atoms with Gasteiger partial charge < -0.3 is 15.4 Å². The summed E-state index contributed by atoms with van der Waals surface area (Å²) in [6.45, 7) is 6.20. The Balaban J connectivity index is 2.17. The molecule has 0 aliphatic carbocycles. The van der Waals surface area contributed by atoms with Gasteiger partial charge in [-0.05, 0) is 27.2 Å². The molecule has 15 heavy (non-hydrogen) atoms. The maximum Gasteiger partial charge on any atom is 0.407 e. The minimum atomic E-state index is -0.796. The Morgan fingerprint density at radius 1 is 1.60 bits per heavy atom. The van der Waals surface area contributed by atoms with E-state index in [1.54, 1.807) is 20.8 Å². The SMILES string of the molecule is CC(C)(C)OC(=O)NC[C@@H]1C[C@@H](F)CN1. The Morgan fingerprint density at radius 3 is 2.73 bits per heavy atom. The van der Waals surface area contributed by atoms with E-state index in [2.05, 4.69) is 10.6 Å². The minimum Gasteiger partial charge on any atom is -0.444 e. The molecule has 0 bridgehead atoms. The Bertz CT molecular complexity index is 228. The van der Waals surface area contributed by atoms with Crippen LogP contribution in [-0.4, -0.2) is 37.0 Å². The van der Waals surface area contributed by atoms with E-state index in [0.717, 1.165) is 0 Å². The molecule has 0 unspecified atom stereocenters. The summed E-state index contributed by atoms with van der Waals surface area (Å²) in [5, 5.41) is 5.59. The van der Waals surface area contributed by atoms with Gasteiger partial charge in [0.05, 0.1) is 0 Å². The van der Waals surface area contributed by atoms with Gasteiger partial charge in [-0.3, -0.25) is 0 Å². The Kier molecular flexibility index (Phi) is 3.90. The van der Waals surface area contributed by atoms with Crippen LogP contribution in [0.15, 0.2) is 0 Å². The molecule has 4 nitrogen and oxygen atoms in total. The van der Waals surface area contributed by atoms with Crippen LogP contribution in [-0.2, 0) is 4.74 Å². The van der Waals surface area contributed by atoms with Gasteiger partial charge in [0.25, 0.3) is 0 Å². The van der Waals surface area contributed by atoms with Gasteiger partial charge in [-0.15, -0.1) is 0 Å². The van der Waals surface area contributed by atoms with Gasteiger partial charge in [-0.25, -0.2) is 9.18 Å². The second kappa shape index (κ2) is 4.79. The van der Waals surface area contributed by atoms with Crippen LogP contribution in [0.1, 0.15) is 27.2 Å². The van der Waals surface area contributed by atoms with Gasteiger partial charge in [0.1, 0.15) is 11.8 Å². The van der Waals surface area contributed by atoms with Crippen LogP contribution in [0.4, 0.5) is 9.18 Å². The van der Waals surface area contributed by atoms with Crippen LogP contribution >= 0.6 is 0 Å². The van der Waals surface area contributed by atoms with Crippen molar-refractivity contribution in [3.05, 3.63) is 0 Å². The van der Waals surface area contributed by atoms with E-state index in [9.17, 15) is 9.18 Å².